The Morgan fingerprint density at radius 2 is 2.11 bits per heavy atom. The van der Waals surface area contributed by atoms with E-state index in [0.29, 0.717) is 5.92 Å². The molecule has 0 spiro atoms. The zero-order chi connectivity index (χ0) is 13.7. The fourth-order valence-electron chi connectivity index (χ4n) is 2.11. The molecular formula is C15H17Br2NS. The van der Waals surface area contributed by atoms with Crippen molar-refractivity contribution in [2.24, 2.45) is 5.92 Å². The third-order valence-electron chi connectivity index (χ3n) is 3.31. The predicted molar refractivity (Wildman–Crippen MR) is 90.3 cm³/mol. The van der Waals surface area contributed by atoms with E-state index in [2.05, 4.69) is 68.0 Å². The Morgan fingerprint density at radius 1 is 1.32 bits per heavy atom. The molecule has 1 atom stereocenters. The summed E-state index contributed by atoms with van der Waals surface area (Å²) in [5.74, 6) is 0.667. The maximum Gasteiger partial charge on any atom is 0.0797 e. The molecule has 1 heterocycles. The molecule has 19 heavy (non-hydrogen) atoms. The van der Waals surface area contributed by atoms with Crippen molar-refractivity contribution in [1.82, 2.24) is 4.98 Å². The van der Waals surface area contributed by atoms with Crippen molar-refractivity contribution in [2.45, 2.75) is 26.2 Å². The van der Waals surface area contributed by atoms with Gasteiger partial charge in [-0.15, -0.1) is 11.3 Å². The summed E-state index contributed by atoms with van der Waals surface area (Å²) in [7, 11) is 0. The van der Waals surface area contributed by atoms with E-state index in [0.717, 1.165) is 18.2 Å². The molecule has 0 fully saturated rings. The highest BCUT2D eigenvalue weighted by molar-refractivity contribution is 9.10. The molecule has 0 N–H and O–H groups in total. The number of hydrogen-bond donors (Lipinski definition) is 0. The summed E-state index contributed by atoms with van der Waals surface area (Å²) < 4.78 is 1.22. The van der Waals surface area contributed by atoms with Crippen molar-refractivity contribution in [3.63, 3.8) is 0 Å². The molecule has 0 aliphatic rings. The first kappa shape index (κ1) is 15.2. The van der Waals surface area contributed by atoms with Gasteiger partial charge in [0.1, 0.15) is 0 Å². The number of aryl methyl sites for hydroxylation is 2. The third-order valence-corrected chi connectivity index (χ3v) is 5.99. The minimum Gasteiger partial charge on any atom is -0.250 e. The number of aromatic nitrogens is 1. The Hall–Kier alpha value is -0.190. The van der Waals surface area contributed by atoms with E-state index >= 15 is 0 Å². The van der Waals surface area contributed by atoms with Gasteiger partial charge >= 0.3 is 0 Å². The second kappa shape index (κ2) is 7.55. The zero-order valence-electron chi connectivity index (χ0n) is 10.9. The van der Waals surface area contributed by atoms with Gasteiger partial charge in [-0.25, -0.2) is 4.98 Å². The van der Waals surface area contributed by atoms with E-state index in [1.165, 1.54) is 27.0 Å². The Kier molecular flexibility index (Phi) is 6.05. The topological polar surface area (TPSA) is 12.9 Å². The number of halogens is 2. The minimum absolute atomic E-state index is 0.667. The number of hydrogen-bond acceptors (Lipinski definition) is 2. The molecule has 0 bridgehead atoms. The fourth-order valence-corrected chi connectivity index (χ4v) is 3.91. The van der Waals surface area contributed by atoms with Gasteiger partial charge < -0.3 is 0 Å². The molecule has 0 aliphatic heterocycles. The van der Waals surface area contributed by atoms with Gasteiger partial charge in [0.05, 0.1) is 11.2 Å². The van der Waals surface area contributed by atoms with Gasteiger partial charge in [-0.2, -0.15) is 0 Å². The van der Waals surface area contributed by atoms with Gasteiger partial charge in [-0.3, -0.25) is 0 Å². The van der Waals surface area contributed by atoms with Gasteiger partial charge in [0, 0.05) is 14.7 Å². The van der Waals surface area contributed by atoms with Crippen molar-refractivity contribution in [3.8, 4) is 0 Å². The average Bonchev–Trinajstić information content (AvgIpc) is 2.82. The molecule has 0 saturated carbocycles. The lowest BCUT2D eigenvalue weighted by molar-refractivity contribution is 0.543. The molecule has 1 nitrogen and oxygen atoms in total. The molecule has 4 heteroatoms. The molecule has 102 valence electrons. The highest BCUT2D eigenvalue weighted by atomic mass is 79.9. The van der Waals surface area contributed by atoms with Crippen LogP contribution >= 0.6 is 43.2 Å². The summed E-state index contributed by atoms with van der Waals surface area (Å²) in [5, 5.41) is 1.05. The van der Waals surface area contributed by atoms with Crippen LogP contribution in [-0.4, -0.2) is 10.3 Å². The number of nitrogens with zero attached hydrogens (tertiary/aromatic N) is 1. The predicted octanol–water partition coefficient (Wildman–Crippen LogP) is 5.40. The Balaban J connectivity index is 1.94. The van der Waals surface area contributed by atoms with Crippen LogP contribution in [0.15, 0.2) is 34.2 Å². The molecular weight excluding hydrogens is 386 g/mol. The van der Waals surface area contributed by atoms with Gasteiger partial charge in [-0.1, -0.05) is 50.1 Å². The normalized spacial score (nSPS) is 12.6. The highest BCUT2D eigenvalue weighted by Crippen LogP contribution is 2.24. The van der Waals surface area contributed by atoms with Crippen LogP contribution in [0.2, 0.25) is 0 Å². The lowest BCUT2D eigenvalue weighted by Gasteiger charge is -2.14. The quantitative estimate of drug-likeness (QED) is 0.589. The van der Waals surface area contributed by atoms with E-state index in [4.69, 9.17) is 0 Å². The second-order valence-electron chi connectivity index (χ2n) is 4.72. The van der Waals surface area contributed by atoms with E-state index < -0.39 is 0 Å². The maximum atomic E-state index is 4.32. The second-order valence-corrected chi connectivity index (χ2v) is 7.16. The van der Waals surface area contributed by atoms with Crippen LogP contribution in [-0.2, 0) is 12.8 Å². The van der Waals surface area contributed by atoms with Crippen molar-refractivity contribution >= 4 is 43.2 Å². The minimum atomic E-state index is 0.667. The summed E-state index contributed by atoms with van der Waals surface area (Å²) in [6.07, 6.45) is 3.46. The molecule has 2 aromatic rings. The summed E-state index contributed by atoms with van der Waals surface area (Å²) in [6.45, 7) is 2.10. The highest BCUT2D eigenvalue weighted by Gasteiger charge is 2.12. The summed E-state index contributed by atoms with van der Waals surface area (Å²) in [6, 6.07) is 8.50. The summed E-state index contributed by atoms with van der Waals surface area (Å²) >= 11 is 9.06. The Morgan fingerprint density at radius 3 is 2.74 bits per heavy atom. The van der Waals surface area contributed by atoms with Gasteiger partial charge in [0.2, 0.25) is 0 Å². The first-order valence-electron chi connectivity index (χ1n) is 6.39. The number of thiazole rings is 1. The number of benzene rings is 1. The van der Waals surface area contributed by atoms with Crippen LogP contribution in [0.25, 0.3) is 0 Å². The van der Waals surface area contributed by atoms with Crippen LogP contribution in [0.1, 0.15) is 22.6 Å². The SMILES string of the molecule is Cc1ncsc1CCC(CBr)Cc1ccccc1Br. The van der Waals surface area contributed by atoms with E-state index in [1.54, 1.807) is 11.3 Å². The zero-order valence-corrected chi connectivity index (χ0v) is 14.9. The van der Waals surface area contributed by atoms with Crippen LogP contribution in [0.3, 0.4) is 0 Å². The van der Waals surface area contributed by atoms with E-state index in [-0.39, 0.29) is 0 Å². The monoisotopic (exact) mass is 401 g/mol. The van der Waals surface area contributed by atoms with Gasteiger partial charge in [-0.05, 0) is 43.7 Å². The van der Waals surface area contributed by atoms with Crippen LogP contribution in [0, 0.1) is 12.8 Å². The van der Waals surface area contributed by atoms with Crippen molar-refractivity contribution in [2.75, 3.05) is 5.33 Å². The molecule has 1 aromatic heterocycles. The van der Waals surface area contributed by atoms with E-state index in [9.17, 15) is 0 Å². The molecule has 0 saturated heterocycles. The lowest BCUT2D eigenvalue weighted by Crippen LogP contribution is -2.08. The molecule has 0 amide bonds. The maximum absolute atomic E-state index is 4.32. The summed E-state index contributed by atoms with van der Waals surface area (Å²) in [4.78, 5) is 5.75. The van der Waals surface area contributed by atoms with Gasteiger partial charge in [0.25, 0.3) is 0 Å². The largest absolute Gasteiger partial charge is 0.250 e. The van der Waals surface area contributed by atoms with Crippen LogP contribution in [0.5, 0.6) is 0 Å². The molecule has 1 unspecified atom stereocenters. The van der Waals surface area contributed by atoms with Gasteiger partial charge in [0.15, 0.2) is 0 Å². The fraction of sp³-hybridized carbons (Fsp3) is 0.400. The average molecular weight is 403 g/mol. The first-order valence-corrected chi connectivity index (χ1v) is 9.18. The smallest absolute Gasteiger partial charge is 0.0797 e. The van der Waals surface area contributed by atoms with Crippen molar-refractivity contribution in [1.29, 1.82) is 0 Å². The summed E-state index contributed by atoms with van der Waals surface area (Å²) in [5.41, 5.74) is 4.54. The Bertz CT molecular complexity index is 524. The molecule has 0 aliphatic carbocycles. The lowest BCUT2D eigenvalue weighted by atomic mass is 9.96. The third kappa shape index (κ3) is 4.40. The van der Waals surface area contributed by atoms with E-state index in [1.807, 2.05) is 5.51 Å². The Labute approximate surface area is 135 Å². The van der Waals surface area contributed by atoms with Crippen molar-refractivity contribution < 1.29 is 0 Å². The standard InChI is InChI=1S/C15H17Br2NS/c1-11-15(19-10-18-11)7-6-12(9-16)8-13-4-2-3-5-14(13)17/h2-5,10,12H,6-9H2,1H3. The molecule has 1 aromatic carbocycles. The van der Waals surface area contributed by atoms with Crippen LogP contribution < -0.4 is 0 Å². The van der Waals surface area contributed by atoms with Crippen LogP contribution in [0.4, 0.5) is 0 Å². The van der Waals surface area contributed by atoms with Crippen molar-refractivity contribution in [3.05, 3.63) is 50.4 Å². The first-order chi connectivity index (χ1) is 9.20. The number of rotatable bonds is 6. The number of alkyl halides is 1. The molecule has 2 rings (SSSR count). The molecule has 0 radical (unpaired) electrons.